The molecule has 1 atom stereocenters. The van der Waals surface area contributed by atoms with E-state index >= 15 is 0 Å². The molecule has 0 aromatic carbocycles. The van der Waals surface area contributed by atoms with Crippen molar-refractivity contribution in [1.82, 2.24) is 14.6 Å². The first kappa shape index (κ1) is 28.6. The number of nitrogens with zero attached hydrogens (tertiary/aromatic N) is 6. The van der Waals surface area contributed by atoms with Crippen molar-refractivity contribution in [2.45, 2.75) is 30.6 Å². The van der Waals surface area contributed by atoms with E-state index in [1.165, 1.54) is 17.2 Å². The van der Waals surface area contributed by atoms with E-state index in [4.69, 9.17) is 32.0 Å². The van der Waals surface area contributed by atoms with Gasteiger partial charge in [-0.1, -0.05) is 24.3 Å². The number of hydrogen-bond acceptors (Lipinski definition) is 9. The molecule has 4 radical (unpaired) electrons. The predicted octanol–water partition coefficient (Wildman–Crippen LogP) is 1.42. The van der Waals surface area contributed by atoms with Crippen LogP contribution in [0.15, 0.2) is 46.6 Å². The molecule has 3 heterocycles. The van der Waals surface area contributed by atoms with Crippen molar-refractivity contribution in [3.05, 3.63) is 64.1 Å². The Balaban J connectivity index is 1.88. The van der Waals surface area contributed by atoms with Crippen LogP contribution >= 0.6 is 11.6 Å². The van der Waals surface area contributed by atoms with E-state index in [1.54, 1.807) is 31.2 Å². The number of alkyl halides is 3. The summed E-state index contributed by atoms with van der Waals surface area (Å²) in [6.45, 7) is 4.93. The number of halogens is 4. The van der Waals surface area contributed by atoms with E-state index in [9.17, 15) is 33.8 Å². The Morgan fingerprint density at radius 2 is 1.95 bits per heavy atom. The maximum atomic E-state index is 13.8. The molecule has 16 heteroatoms. The molecule has 0 saturated carbocycles. The molecule has 2 aromatic rings. The molecule has 2 aromatic heterocycles. The van der Waals surface area contributed by atoms with Gasteiger partial charge in [0.05, 0.1) is 17.5 Å². The van der Waals surface area contributed by atoms with E-state index in [2.05, 4.69) is 21.7 Å². The zero-order valence-corrected chi connectivity index (χ0v) is 20.9. The van der Waals surface area contributed by atoms with Gasteiger partial charge in [-0.15, -0.1) is 0 Å². The number of aliphatic imine (C=N–C) groups is 1. The Labute approximate surface area is 227 Å². The van der Waals surface area contributed by atoms with Gasteiger partial charge in [-0.05, 0) is 25.2 Å². The Morgan fingerprint density at radius 3 is 2.51 bits per heavy atom. The van der Waals surface area contributed by atoms with Crippen LogP contribution in [-0.4, -0.2) is 81.9 Å². The number of hydrogen-bond donors (Lipinski definition) is 3. The van der Waals surface area contributed by atoms with Crippen molar-refractivity contribution >= 4 is 50.5 Å². The first-order valence-electron chi connectivity index (χ1n) is 11.1. The maximum Gasteiger partial charge on any atom is 0.436 e. The van der Waals surface area contributed by atoms with Gasteiger partial charge in [0.2, 0.25) is 0 Å². The molecular weight excluding hydrogens is 538 g/mol. The molecule has 1 saturated heterocycles. The van der Waals surface area contributed by atoms with Crippen LogP contribution in [0.3, 0.4) is 0 Å². The molecule has 1 unspecified atom stereocenters. The van der Waals surface area contributed by atoms with Crippen molar-refractivity contribution in [3.63, 3.8) is 0 Å². The summed E-state index contributed by atoms with van der Waals surface area (Å²) in [7, 11) is 10.4. The molecule has 39 heavy (non-hydrogen) atoms. The van der Waals surface area contributed by atoms with Crippen molar-refractivity contribution in [1.29, 1.82) is 5.26 Å². The summed E-state index contributed by atoms with van der Waals surface area (Å²) in [6, 6.07) is 1.53. The molecule has 0 bridgehead atoms. The van der Waals surface area contributed by atoms with E-state index in [0.717, 1.165) is 4.52 Å². The summed E-state index contributed by atoms with van der Waals surface area (Å²) in [5.41, 5.74) is -7.32. The van der Waals surface area contributed by atoms with Crippen LogP contribution in [0.1, 0.15) is 22.5 Å². The van der Waals surface area contributed by atoms with Gasteiger partial charge in [0.15, 0.2) is 38.4 Å². The van der Waals surface area contributed by atoms with E-state index in [1.807, 2.05) is 0 Å². The fourth-order valence-electron chi connectivity index (χ4n) is 3.96. The quantitative estimate of drug-likeness (QED) is 0.359. The molecular formula is C23H18B2ClF3N6O4. The second kappa shape index (κ2) is 9.96. The SMILES string of the molecule is [B]C(O)(O)C([B])(O)OC1CN(c2c(/C=C3\C=CC(Cl)=CC3=NC=C)c(C)nc3c(C#N)c(C(F)(F)F)nn23)C1. The Hall–Kier alpha value is -3.41. The van der Waals surface area contributed by atoms with Crippen molar-refractivity contribution in [2.24, 2.45) is 4.99 Å². The lowest BCUT2D eigenvalue weighted by Crippen LogP contribution is -2.64. The third-order valence-corrected chi connectivity index (χ3v) is 6.13. The Bertz CT molecular complexity index is 1510. The number of rotatable bonds is 6. The second-order valence-corrected chi connectivity index (χ2v) is 9.17. The predicted molar refractivity (Wildman–Crippen MR) is 137 cm³/mol. The number of fused-ring (bicyclic) bond motifs is 1. The van der Waals surface area contributed by atoms with E-state index in [0.29, 0.717) is 21.9 Å². The summed E-state index contributed by atoms with van der Waals surface area (Å²) in [5.74, 6) is 0.108. The molecule has 198 valence electrons. The first-order chi connectivity index (χ1) is 18.1. The van der Waals surface area contributed by atoms with Crippen LogP contribution in [0.5, 0.6) is 0 Å². The first-order valence-corrected chi connectivity index (χ1v) is 11.5. The van der Waals surface area contributed by atoms with Gasteiger partial charge >= 0.3 is 6.18 Å². The van der Waals surface area contributed by atoms with Crippen LogP contribution in [-0.2, 0) is 10.9 Å². The summed E-state index contributed by atoms with van der Waals surface area (Å²) < 4.78 is 47.3. The fraction of sp³-hybridized carbons (Fsp3) is 0.304. The van der Waals surface area contributed by atoms with Gasteiger partial charge in [0, 0.05) is 35.5 Å². The van der Waals surface area contributed by atoms with Gasteiger partial charge < -0.3 is 25.0 Å². The highest BCUT2D eigenvalue weighted by Gasteiger charge is 2.45. The van der Waals surface area contributed by atoms with Gasteiger partial charge in [-0.2, -0.15) is 28.0 Å². The molecule has 1 aliphatic carbocycles. The highest BCUT2D eigenvalue weighted by Crippen LogP contribution is 2.37. The minimum atomic E-state index is -4.94. The van der Waals surface area contributed by atoms with Crippen molar-refractivity contribution < 1.29 is 33.2 Å². The average Bonchev–Trinajstić information content (AvgIpc) is 3.16. The fourth-order valence-corrected chi connectivity index (χ4v) is 4.13. The van der Waals surface area contributed by atoms with Crippen LogP contribution in [0.25, 0.3) is 11.7 Å². The smallest absolute Gasteiger partial charge is 0.370 e. The lowest BCUT2D eigenvalue weighted by molar-refractivity contribution is -0.303. The number of anilines is 1. The molecule has 4 rings (SSSR count). The number of aliphatic hydroxyl groups is 3. The second-order valence-electron chi connectivity index (χ2n) is 8.73. The average molecular weight is 557 g/mol. The number of nitriles is 1. The van der Waals surface area contributed by atoms with Gasteiger partial charge in [0.25, 0.3) is 0 Å². The van der Waals surface area contributed by atoms with Gasteiger partial charge in [0.1, 0.15) is 17.5 Å². The highest BCUT2D eigenvalue weighted by atomic mass is 35.5. The molecule has 3 N–H and O–H groups in total. The van der Waals surface area contributed by atoms with Gasteiger partial charge in [-0.3, -0.25) is 4.99 Å². The number of allylic oxidation sites excluding steroid dienone is 5. The third kappa shape index (κ3) is 5.39. The molecule has 0 spiro atoms. The van der Waals surface area contributed by atoms with E-state index in [-0.39, 0.29) is 30.2 Å². The Morgan fingerprint density at radius 1 is 1.28 bits per heavy atom. The number of aromatic nitrogens is 3. The zero-order chi connectivity index (χ0) is 28.9. The third-order valence-electron chi connectivity index (χ3n) is 5.89. The van der Waals surface area contributed by atoms with Crippen LogP contribution < -0.4 is 4.90 Å². The maximum absolute atomic E-state index is 13.8. The molecule has 10 nitrogen and oxygen atoms in total. The topological polar surface area (TPSA) is 139 Å². The standard InChI is InChI=1S/C23H18B2ClF3N6O4/c1-3-31-17-7-13(26)5-4-12(17)6-15-11(2)32-19-16(8-30)18(21(27,28)29)33-35(19)20(15)34-9-14(10-34)39-23(25,38)22(24,36)37/h3-7,14,36-38H,1,9-10H2,2H3/b12-6+,31-17?. The Kier molecular flexibility index (Phi) is 7.30. The monoisotopic (exact) mass is 556 g/mol. The van der Waals surface area contributed by atoms with Gasteiger partial charge in [-0.25, -0.2) is 4.98 Å². The minimum absolute atomic E-state index is 0.0947. The normalized spacial score (nSPS) is 20.2. The lowest BCUT2D eigenvalue weighted by atomic mass is 9.74. The largest absolute Gasteiger partial charge is 0.436 e. The highest BCUT2D eigenvalue weighted by molar-refractivity contribution is 6.35. The van der Waals surface area contributed by atoms with Crippen molar-refractivity contribution in [3.8, 4) is 6.07 Å². The van der Waals surface area contributed by atoms with Crippen LogP contribution in [0.2, 0.25) is 0 Å². The molecule has 2 aliphatic rings. The van der Waals surface area contributed by atoms with Crippen LogP contribution in [0, 0.1) is 18.3 Å². The molecule has 1 fully saturated rings. The van der Waals surface area contributed by atoms with Crippen LogP contribution in [0.4, 0.5) is 19.0 Å². The molecule has 1 aliphatic heterocycles. The summed E-state index contributed by atoms with van der Waals surface area (Å²) in [5, 5.41) is 42.4. The summed E-state index contributed by atoms with van der Waals surface area (Å²) in [6.07, 6.45) is 1.85. The minimum Gasteiger partial charge on any atom is -0.370 e. The van der Waals surface area contributed by atoms with Crippen molar-refractivity contribution in [2.75, 3.05) is 18.0 Å². The number of aryl methyl sites for hydroxylation is 1. The number of ether oxygens (including phenoxy) is 1. The lowest BCUT2D eigenvalue weighted by Gasteiger charge is -2.46. The zero-order valence-electron chi connectivity index (χ0n) is 20.2. The van der Waals surface area contributed by atoms with E-state index < -0.39 is 34.9 Å². The molecule has 0 amide bonds. The summed E-state index contributed by atoms with van der Waals surface area (Å²) in [4.78, 5) is 9.96. The summed E-state index contributed by atoms with van der Waals surface area (Å²) >= 11 is 6.09.